The van der Waals surface area contributed by atoms with Crippen molar-refractivity contribution >= 4 is 34.5 Å². The fourth-order valence-electron chi connectivity index (χ4n) is 0.716. The molecule has 0 fully saturated rings. The molecule has 0 aliphatic rings. The fourth-order valence-corrected chi connectivity index (χ4v) is 2.14. The largest absolute Gasteiger partial charge is 0.126 e. The standard InChI is InChI=1S/C8H10Cl2S/c1-8(2,3)6-4-5(9)7(10)11-6/h4H,1-3H3. The second kappa shape index (κ2) is 2.96. The molecule has 1 heterocycles. The lowest BCUT2D eigenvalue weighted by molar-refractivity contribution is 0.604. The third-order valence-electron chi connectivity index (χ3n) is 1.38. The molecular formula is C8H10Cl2S. The van der Waals surface area contributed by atoms with E-state index in [2.05, 4.69) is 20.8 Å². The first-order valence-electron chi connectivity index (χ1n) is 3.36. The average molecular weight is 209 g/mol. The van der Waals surface area contributed by atoms with Crippen molar-refractivity contribution < 1.29 is 0 Å². The minimum Gasteiger partial charge on any atom is -0.126 e. The van der Waals surface area contributed by atoms with Crippen molar-refractivity contribution in [2.75, 3.05) is 0 Å². The van der Waals surface area contributed by atoms with Gasteiger partial charge in [0, 0.05) is 4.88 Å². The Morgan fingerprint density at radius 2 is 1.82 bits per heavy atom. The molecule has 0 unspecified atom stereocenters. The average Bonchev–Trinajstić information content (AvgIpc) is 2.11. The Morgan fingerprint density at radius 3 is 2.00 bits per heavy atom. The molecule has 0 N–H and O–H groups in total. The molecule has 3 heteroatoms. The van der Waals surface area contributed by atoms with Gasteiger partial charge in [-0.15, -0.1) is 11.3 Å². The second-order valence-corrected chi connectivity index (χ2v) is 5.54. The normalized spacial score (nSPS) is 12.1. The van der Waals surface area contributed by atoms with Crippen LogP contribution in [0.2, 0.25) is 9.36 Å². The highest BCUT2D eigenvalue weighted by Gasteiger charge is 2.17. The van der Waals surface area contributed by atoms with Crippen molar-refractivity contribution in [1.29, 1.82) is 0 Å². The third-order valence-corrected chi connectivity index (χ3v) is 3.68. The van der Waals surface area contributed by atoms with Gasteiger partial charge in [0.05, 0.1) is 5.02 Å². The van der Waals surface area contributed by atoms with E-state index in [0.29, 0.717) is 9.36 Å². The lowest BCUT2D eigenvalue weighted by atomic mass is 9.95. The van der Waals surface area contributed by atoms with Crippen LogP contribution in [0.15, 0.2) is 6.07 Å². The SMILES string of the molecule is CC(C)(C)c1cc(Cl)c(Cl)s1. The monoisotopic (exact) mass is 208 g/mol. The van der Waals surface area contributed by atoms with Gasteiger partial charge in [-0.05, 0) is 11.5 Å². The maximum atomic E-state index is 5.82. The van der Waals surface area contributed by atoms with Gasteiger partial charge in [0.1, 0.15) is 4.34 Å². The zero-order chi connectivity index (χ0) is 8.65. The molecule has 0 saturated carbocycles. The van der Waals surface area contributed by atoms with Crippen LogP contribution in [-0.4, -0.2) is 0 Å². The summed E-state index contributed by atoms with van der Waals surface area (Å²) in [6.45, 7) is 6.43. The van der Waals surface area contributed by atoms with Crippen LogP contribution in [0, 0.1) is 0 Å². The molecule has 0 amide bonds. The summed E-state index contributed by atoms with van der Waals surface area (Å²) in [6.07, 6.45) is 0. The van der Waals surface area contributed by atoms with Crippen LogP contribution in [0.3, 0.4) is 0 Å². The zero-order valence-corrected chi connectivity index (χ0v) is 9.07. The van der Waals surface area contributed by atoms with Crippen LogP contribution in [0.1, 0.15) is 25.6 Å². The van der Waals surface area contributed by atoms with Crippen LogP contribution < -0.4 is 0 Å². The zero-order valence-electron chi connectivity index (χ0n) is 6.74. The first-order valence-corrected chi connectivity index (χ1v) is 4.94. The number of hydrogen-bond acceptors (Lipinski definition) is 1. The Morgan fingerprint density at radius 1 is 1.27 bits per heavy atom. The Labute approximate surface area is 81.1 Å². The van der Waals surface area contributed by atoms with E-state index in [1.807, 2.05) is 6.07 Å². The van der Waals surface area contributed by atoms with Crippen molar-refractivity contribution in [2.24, 2.45) is 0 Å². The van der Waals surface area contributed by atoms with E-state index in [1.54, 1.807) is 11.3 Å². The van der Waals surface area contributed by atoms with Gasteiger partial charge < -0.3 is 0 Å². The molecule has 0 bridgehead atoms. The van der Waals surface area contributed by atoms with Gasteiger partial charge in [0.25, 0.3) is 0 Å². The van der Waals surface area contributed by atoms with E-state index in [9.17, 15) is 0 Å². The van der Waals surface area contributed by atoms with Crippen molar-refractivity contribution in [1.82, 2.24) is 0 Å². The van der Waals surface area contributed by atoms with E-state index >= 15 is 0 Å². The van der Waals surface area contributed by atoms with Gasteiger partial charge in [-0.25, -0.2) is 0 Å². The summed E-state index contributed by atoms with van der Waals surface area (Å²) in [4.78, 5) is 1.23. The molecule has 1 rings (SSSR count). The van der Waals surface area contributed by atoms with Crippen LogP contribution in [0.5, 0.6) is 0 Å². The molecule has 0 aliphatic carbocycles. The van der Waals surface area contributed by atoms with Gasteiger partial charge in [-0.2, -0.15) is 0 Å². The van der Waals surface area contributed by atoms with E-state index < -0.39 is 0 Å². The van der Waals surface area contributed by atoms with Crippen molar-refractivity contribution in [3.8, 4) is 0 Å². The number of hydrogen-bond donors (Lipinski definition) is 0. The van der Waals surface area contributed by atoms with Crippen LogP contribution in [0.25, 0.3) is 0 Å². The summed E-state index contributed by atoms with van der Waals surface area (Å²) in [5.41, 5.74) is 0.154. The van der Waals surface area contributed by atoms with E-state index in [4.69, 9.17) is 23.2 Å². The number of rotatable bonds is 0. The van der Waals surface area contributed by atoms with Gasteiger partial charge in [-0.3, -0.25) is 0 Å². The highest BCUT2D eigenvalue weighted by molar-refractivity contribution is 7.17. The molecule has 0 spiro atoms. The summed E-state index contributed by atoms with van der Waals surface area (Å²) in [6, 6.07) is 1.94. The maximum Gasteiger partial charge on any atom is 0.112 e. The second-order valence-electron chi connectivity index (χ2n) is 3.48. The van der Waals surface area contributed by atoms with Crippen LogP contribution in [0.4, 0.5) is 0 Å². The lowest BCUT2D eigenvalue weighted by Gasteiger charge is -2.14. The number of thiophene rings is 1. The van der Waals surface area contributed by atoms with Crippen molar-refractivity contribution in [3.63, 3.8) is 0 Å². The Bertz CT molecular complexity index is 238. The minimum atomic E-state index is 0.154. The lowest BCUT2D eigenvalue weighted by Crippen LogP contribution is -2.07. The summed E-state index contributed by atoms with van der Waals surface area (Å²) in [5, 5.41) is 0.668. The number of halogens is 2. The van der Waals surface area contributed by atoms with Crippen LogP contribution >= 0.6 is 34.5 Å². The predicted octanol–water partition coefficient (Wildman–Crippen LogP) is 4.35. The predicted molar refractivity (Wildman–Crippen MR) is 53.0 cm³/mol. The minimum absolute atomic E-state index is 0.154. The Kier molecular flexibility index (Phi) is 2.53. The first-order chi connectivity index (χ1) is 4.91. The summed E-state index contributed by atoms with van der Waals surface area (Å²) < 4.78 is 0.691. The molecule has 1 aromatic heterocycles. The molecule has 0 atom stereocenters. The fraction of sp³-hybridized carbons (Fsp3) is 0.500. The highest BCUT2D eigenvalue weighted by atomic mass is 35.5. The molecule has 0 radical (unpaired) electrons. The molecule has 0 nitrogen and oxygen atoms in total. The smallest absolute Gasteiger partial charge is 0.112 e. The highest BCUT2D eigenvalue weighted by Crippen LogP contribution is 2.37. The van der Waals surface area contributed by atoms with Gasteiger partial charge in [0.2, 0.25) is 0 Å². The quantitative estimate of drug-likeness (QED) is 0.595. The Hall–Kier alpha value is 0.280. The van der Waals surface area contributed by atoms with Gasteiger partial charge in [-0.1, -0.05) is 44.0 Å². The first kappa shape index (κ1) is 9.37. The van der Waals surface area contributed by atoms with Crippen molar-refractivity contribution in [3.05, 3.63) is 20.3 Å². The van der Waals surface area contributed by atoms with E-state index in [1.165, 1.54) is 4.88 Å². The molecule has 0 aromatic carbocycles. The summed E-state index contributed by atoms with van der Waals surface area (Å²) in [5.74, 6) is 0. The van der Waals surface area contributed by atoms with Crippen molar-refractivity contribution in [2.45, 2.75) is 26.2 Å². The third kappa shape index (κ3) is 2.11. The van der Waals surface area contributed by atoms with Crippen LogP contribution in [-0.2, 0) is 5.41 Å². The van der Waals surface area contributed by atoms with Gasteiger partial charge >= 0.3 is 0 Å². The topological polar surface area (TPSA) is 0 Å². The summed E-state index contributed by atoms with van der Waals surface area (Å²) in [7, 11) is 0. The van der Waals surface area contributed by atoms with E-state index in [0.717, 1.165) is 0 Å². The summed E-state index contributed by atoms with van der Waals surface area (Å²) >= 11 is 13.2. The van der Waals surface area contributed by atoms with Gasteiger partial charge in [0.15, 0.2) is 0 Å². The molecule has 0 aliphatic heterocycles. The molecule has 11 heavy (non-hydrogen) atoms. The Balaban J connectivity index is 3.08. The van der Waals surface area contributed by atoms with E-state index in [-0.39, 0.29) is 5.41 Å². The molecule has 62 valence electrons. The molecule has 1 aromatic rings. The maximum absolute atomic E-state index is 5.82. The molecule has 0 saturated heterocycles. The molecular weight excluding hydrogens is 199 g/mol.